The molecule has 7 heteroatoms. The standard InChI is InChI=1S/C24H24N4O3/c1-25-19-8-4-18(5-9-19)22-21(17-6-10-20(30-3)11-7-17)23(29)28(2)24(27-22)31-15-16-12-13-26-14-16/h4-11,16,26H,12-15H2,2-3H3. The first-order valence-electron chi connectivity index (χ1n) is 10.2. The fraction of sp³-hybridized carbons (Fsp3) is 0.292. The third-order valence-electron chi connectivity index (χ3n) is 5.51. The first kappa shape index (κ1) is 20.6. The van der Waals surface area contributed by atoms with Gasteiger partial charge in [-0.1, -0.05) is 36.4 Å². The van der Waals surface area contributed by atoms with Gasteiger partial charge in [0.15, 0.2) is 5.69 Å². The summed E-state index contributed by atoms with van der Waals surface area (Å²) in [5, 5.41) is 3.32. The molecule has 0 aliphatic carbocycles. The van der Waals surface area contributed by atoms with Crippen LogP contribution in [0.5, 0.6) is 11.8 Å². The number of nitrogens with one attached hydrogen (secondary N) is 1. The maximum absolute atomic E-state index is 13.4. The molecule has 4 rings (SSSR count). The Kier molecular flexibility index (Phi) is 6.01. The number of hydrogen-bond donors (Lipinski definition) is 1. The normalized spacial score (nSPS) is 15.5. The van der Waals surface area contributed by atoms with Gasteiger partial charge in [0.1, 0.15) is 5.75 Å². The van der Waals surface area contributed by atoms with Crippen LogP contribution in [-0.2, 0) is 7.05 Å². The molecule has 0 radical (unpaired) electrons. The van der Waals surface area contributed by atoms with Gasteiger partial charge >= 0.3 is 0 Å². The van der Waals surface area contributed by atoms with Gasteiger partial charge in [-0.25, -0.2) is 4.85 Å². The molecule has 0 amide bonds. The van der Waals surface area contributed by atoms with Crippen molar-refractivity contribution in [2.75, 3.05) is 26.8 Å². The van der Waals surface area contributed by atoms with Crippen LogP contribution in [0.25, 0.3) is 27.2 Å². The molecule has 158 valence electrons. The van der Waals surface area contributed by atoms with Gasteiger partial charge in [-0.15, -0.1) is 0 Å². The van der Waals surface area contributed by atoms with E-state index in [9.17, 15) is 4.79 Å². The van der Waals surface area contributed by atoms with Crippen LogP contribution < -0.4 is 20.3 Å². The SMILES string of the molecule is [C-]#[N+]c1ccc(-c2nc(OCC3CCNC3)n(C)c(=O)c2-c2ccc(OC)cc2)cc1. The molecule has 1 unspecified atom stereocenters. The van der Waals surface area contributed by atoms with E-state index >= 15 is 0 Å². The number of nitrogens with zero attached hydrogens (tertiary/aromatic N) is 3. The van der Waals surface area contributed by atoms with E-state index in [2.05, 4.69) is 10.2 Å². The number of rotatable bonds is 6. The molecular formula is C24H24N4O3. The van der Waals surface area contributed by atoms with Gasteiger partial charge in [0.25, 0.3) is 11.6 Å². The molecule has 1 aliphatic rings. The van der Waals surface area contributed by atoms with Crippen molar-refractivity contribution in [1.82, 2.24) is 14.9 Å². The molecule has 7 nitrogen and oxygen atoms in total. The fourth-order valence-corrected chi connectivity index (χ4v) is 3.68. The van der Waals surface area contributed by atoms with E-state index < -0.39 is 0 Å². The Bertz CT molecular complexity index is 1160. The molecule has 0 spiro atoms. The van der Waals surface area contributed by atoms with Gasteiger partial charge in [0.05, 0.1) is 31.5 Å². The summed E-state index contributed by atoms with van der Waals surface area (Å²) in [4.78, 5) is 21.6. The van der Waals surface area contributed by atoms with Gasteiger partial charge in [0.2, 0.25) is 0 Å². The van der Waals surface area contributed by atoms with E-state index in [-0.39, 0.29) is 5.56 Å². The van der Waals surface area contributed by atoms with E-state index in [1.54, 1.807) is 26.3 Å². The van der Waals surface area contributed by atoms with Crippen molar-refractivity contribution in [3.63, 3.8) is 0 Å². The molecule has 0 bridgehead atoms. The predicted molar refractivity (Wildman–Crippen MR) is 120 cm³/mol. The van der Waals surface area contributed by atoms with Gasteiger partial charge in [0, 0.05) is 19.5 Å². The Morgan fingerprint density at radius 2 is 1.87 bits per heavy atom. The lowest BCUT2D eigenvalue weighted by atomic mass is 10.00. The molecule has 1 N–H and O–H groups in total. The van der Waals surface area contributed by atoms with Crippen LogP contribution in [0, 0.1) is 12.5 Å². The topological polar surface area (TPSA) is 69.7 Å². The van der Waals surface area contributed by atoms with Crippen molar-refractivity contribution in [3.8, 4) is 34.1 Å². The van der Waals surface area contributed by atoms with Crippen molar-refractivity contribution in [1.29, 1.82) is 0 Å². The minimum atomic E-state index is -0.191. The lowest BCUT2D eigenvalue weighted by Crippen LogP contribution is -2.25. The van der Waals surface area contributed by atoms with Gasteiger partial charge in [-0.2, -0.15) is 4.98 Å². The van der Waals surface area contributed by atoms with Crippen molar-refractivity contribution in [2.45, 2.75) is 6.42 Å². The predicted octanol–water partition coefficient (Wildman–Crippen LogP) is 3.66. The highest BCUT2D eigenvalue weighted by molar-refractivity contribution is 5.81. The van der Waals surface area contributed by atoms with E-state index in [1.807, 2.05) is 36.4 Å². The number of aromatic nitrogens is 2. The van der Waals surface area contributed by atoms with Gasteiger partial charge in [-0.3, -0.25) is 9.36 Å². The van der Waals surface area contributed by atoms with Crippen molar-refractivity contribution >= 4 is 5.69 Å². The van der Waals surface area contributed by atoms with Gasteiger partial charge in [-0.05, 0) is 36.2 Å². The Labute approximate surface area is 181 Å². The first-order valence-corrected chi connectivity index (χ1v) is 10.2. The molecule has 1 fully saturated rings. The summed E-state index contributed by atoms with van der Waals surface area (Å²) in [6.45, 7) is 9.58. The lowest BCUT2D eigenvalue weighted by molar-refractivity contribution is 0.231. The number of ether oxygens (including phenoxy) is 2. The van der Waals surface area contributed by atoms with Crippen LogP contribution in [0.3, 0.4) is 0 Å². The third kappa shape index (κ3) is 4.30. The van der Waals surface area contributed by atoms with E-state index in [0.29, 0.717) is 41.2 Å². The summed E-state index contributed by atoms with van der Waals surface area (Å²) in [5.41, 5.74) is 2.85. The Balaban J connectivity index is 1.82. The lowest BCUT2D eigenvalue weighted by Gasteiger charge is -2.17. The highest BCUT2D eigenvalue weighted by atomic mass is 16.5. The number of benzene rings is 2. The van der Waals surface area contributed by atoms with Crippen LogP contribution in [0.1, 0.15) is 6.42 Å². The summed E-state index contributed by atoms with van der Waals surface area (Å²) in [6, 6.07) is 14.7. The summed E-state index contributed by atoms with van der Waals surface area (Å²) in [7, 11) is 3.28. The average molecular weight is 416 g/mol. The quantitative estimate of drug-likeness (QED) is 0.621. The third-order valence-corrected chi connectivity index (χ3v) is 5.51. The fourth-order valence-electron chi connectivity index (χ4n) is 3.68. The van der Waals surface area contributed by atoms with Crippen molar-refractivity contribution in [2.24, 2.45) is 13.0 Å². The summed E-state index contributed by atoms with van der Waals surface area (Å²) in [5.74, 6) is 1.11. The van der Waals surface area contributed by atoms with E-state index in [1.165, 1.54) is 4.57 Å². The van der Waals surface area contributed by atoms with Gasteiger partial charge < -0.3 is 14.8 Å². The van der Waals surface area contributed by atoms with Crippen LogP contribution in [0.4, 0.5) is 5.69 Å². The van der Waals surface area contributed by atoms with Crippen molar-refractivity contribution in [3.05, 3.63) is 70.3 Å². The molecule has 3 aromatic rings. The summed E-state index contributed by atoms with van der Waals surface area (Å²) < 4.78 is 12.7. The molecule has 2 heterocycles. The Morgan fingerprint density at radius 3 is 2.48 bits per heavy atom. The highest BCUT2D eigenvalue weighted by Crippen LogP contribution is 2.31. The Morgan fingerprint density at radius 1 is 1.16 bits per heavy atom. The molecule has 1 saturated heterocycles. The zero-order valence-electron chi connectivity index (χ0n) is 17.6. The molecule has 1 aromatic heterocycles. The molecular weight excluding hydrogens is 392 g/mol. The smallest absolute Gasteiger partial charge is 0.299 e. The van der Waals surface area contributed by atoms with Crippen LogP contribution >= 0.6 is 0 Å². The van der Waals surface area contributed by atoms with E-state index in [4.69, 9.17) is 21.0 Å². The molecule has 1 atom stereocenters. The zero-order valence-corrected chi connectivity index (χ0v) is 17.6. The van der Waals surface area contributed by atoms with Crippen LogP contribution in [0.2, 0.25) is 0 Å². The van der Waals surface area contributed by atoms with Crippen molar-refractivity contribution < 1.29 is 9.47 Å². The highest BCUT2D eigenvalue weighted by Gasteiger charge is 2.21. The number of hydrogen-bond acceptors (Lipinski definition) is 5. The molecule has 0 saturated carbocycles. The maximum atomic E-state index is 13.4. The molecule has 1 aliphatic heterocycles. The first-order chi connectivity index (χ1) is 15.1. The largest absolute Gasteiger partial charge is 0.497 e. The summed E-state index contributed by atoms with van der Waals surface area (Å²) >= 11 is 0. The summed E-state index contributed by atoms with van der Waals surface area (Å²) in [6.07, 6.45) is 1.04. The second kappa shape index (κ2) is 9.02. The van der Waals surface area contributed by atoms with E-state index in [0.717, 1.165) is 30.6 Å². The van der Waals surface area contributed by atoms with Crippen LogP contribution in [-0.4, -0.2) is 36.4 Å². The minimum absolute atomic E-state index is 0.191. The zero-order chi connectivity index (χ0) is 21.8. The molecule has 31 heavy (non-hydrogen) atoms. The Hall–Kier alpha value is -3.63. The average Bonchev–Trinajstić information content (AvgIpc) is 3.34. The monoisotopic (exact) mass is 416 g/mol. The minimum Gasteiger partial charge on any atom is -0.497 e. The number of methoxy groups -OCH3 is 1. The van der Waals surface area contributed by atoms with Crippen LogP contribution in [0.15, 0.2) is 53.3 Å². The maximum Gasteiger partial charge on any atom is 0.299 e. The second-order valence-electron chi connectivity index (χ2n) is 7.54. The second-order valence-corrected chi connectivity index (χ2v) is 7.54. The molecule has 2 aromatic carbocycles.